The van der Waals surface area contributed by atoms with Crippen LogP contribution in [0.25, 0.3) is 11.0 Å². The van der Waals surface area contributed by atoms with Crippen molar-refractivity contribution < 1.29 is 18.8 Å². The lowest BCUT2D eigenvalue weighted by Crippen LogP contribution is -2.46. The van der Waals surface area contributed by atoms with Crippen molar-refractivity contribution in [1.82, 2.24) is 10.2 Å². The maximum atomic E-state index is 13.2. The molecule has 152 valence electrons. The first-order valence-corrected chi connectivity index (χ1v) is 9.91. The fourth-order valence-corrected chi connectivity index (χ4v) is 4.39. The van der Waals surface area contributed by atoms with Crippen LogP contribution in [0.4, 0.5) is 10.5 Å². The minimum atomic E-state index is -1.36. The molecule has 1 aromatic heterocycles. The third-order valence-electron chi connectivity index (χ3n) is 5.96. The monoisotopic (exact) mass is 403 g/mol. The van der Waals surface area contributed by atoms with Gasteiger partial charge in [-0.1, -0.05) is 36.4 Å². The van der Waals surface area contributed by atoms with Crippen molar-refractivity contribution in [2.24, 2.45) is 0 Å². The smallest absolute Gasteiger partial charge is 0.325 e. The molecule has 1 saturated heterocycles. The predicted molar refractivity (Wildman–Crippen MR) is 111 cm³/mol. The summed E-state index contributed by atoms with van der Waals surface area (Å²) >= 11 is 0. The van der Waals surface area contributed by atoms with Gasteiger partial charge in [0, 0.05) is 17.1 Å². The predicted octanol–water partition coefficient (Wildman–Crippen LogP) is 3.18. The Kier molecular flexibility index (Phi) is 3.96. The van der Waals surface area contributed by atoms with E-state index in [2.05, 4.69) is 5.32 Å². The first-order chi connectivity index (χ1) is 14.4. The van der Waals surface area contributed by atoms with Gasteiger partial charge >= 0.3 is 6.03 Å². The number of amides is 4. The van der Waals surface area contributed by atoms with E-state index in [0.29, 0.717) is 11.3 Å². The minimum absolute atomic E-state index is 0.0302. The van der Waals surface area contributed by atoms with E-state index in [1.807, 2.05) is 49.4 Å². The summed E-state index contributed by atoms with van der Waals surface area (Å²) in [4.78, 5) is 41.6. The van der Waals surface area contributed by atoms with E-state index in [0.717, 1.165) is 28.0 Å². The number of fused-ring (bicyclic) bond motifs is 2. The first-order valence-electron chi connectivity index (χ1n) is 9.91. The summed E-state index contributed by atoms with van der Waals surface area (Å²) in [7, 11) is 0. The number of nitrogens with zero attached hydrogens (tertiary/aromatic N) is 2. The molecule has 0 unspecified atom stereocenters. The second-order valence-corrected chi connectivity index (χ2v) is 8.04. The van der Waals surface area contributed by atoms with Crippen LogP contribution in [0, 0.1) is 0 Å². The largest absolute Gasteiger partial charge is 0.458 e. The normalized spacial score (nSPS) is 23.2. The highest BCUT2D eigenvalue weighted by Gasteiger charge is 2.52. The highest BCUT2D eigenvalue weighted by Crippen LogP contribution is 2.35. The Hall–Kier alpha value is -3.61. The van der Waals surface area contributed by atoms with Crippen LogP contribution in [0.15, 0.2) is 59.0 Å². The third-order valence-corrected chi connectivity index (χ3v) is 5.96. The molecule has 1 fully saturated rings. The number of carbonyl (C=O) groups is 3. The van der Waals surface area contributed by atoms with Crippen LogP contribution in [0.5, 0.6) is 0 Å². The Morgan fingerprint density at radius 1 is 1.17 bits per heavy atom. The van der Waals surface area contributed by atoms with Crippen molar-refractivity contribution in [2.75, 3.05) is 11.4 Å². The topological polar surface area (TPSA) is 82.9 Å². The van der Waals surface area contributed by atoms with E-state index in [1.165, 1.54) is 0 Å². The second-order valence-electron chi connectivity index (χ2n) is 8.04. The maximum Gasteiger partial charge on any atom is 0.325 e. The highest BCUT2D eigenvalue weighted by molar-refractivity contribution is 6.11. The Balaban J connectivity index is 1.41. The van der Waals surface area contributed by atoms with Gasteiger partial charge in [-0.3, -0.25) is 14.5 Å². The van der Waals surface area contributed by atoms with Gasteiger partial charge in [0.2, 0.25) is 5.91 Å². The van der Waals surface area contributed by atoms with E-state index < -0.39 is 17.5 Å². The molecule has 0 aliphatic carbocycles. The molecule has 1 N–H and O–H groups in total. The molecule has 2 aliphatic rings. The number of imide groups is 1. The fraction of sp³-hybridized carbons (Fsp3) is 0.261. The van der Waals surface area contributed by atoms with E-state index >= 15 is 0 Å². The molecule has 2 atom stereocenters. The molecule has 2 aliphatic heterocycles. The molecule has 5 rings (SSSR count). The lowest BCUT2D eigenvalue weighted by molar-refractivity contribution is -0.134. The summed E-state index contributed by atoms with van der Waals surface area (Å²) in [5.41, 5.74) is 1.20. The molecule has 0 bridgehead atoms. The zero-order valence-corrected chi connectivity index (χ0v) is 16.7. The van der Waals surface area contributed by atoms with Crippen LogP contribution in [-0.2, 0) is 21.5 Å². The van der Waals surface area contributed by atoms with Crippen LogP contribution < -0.4 is 10.2 Å². The van der Waals surface area contributed by atoms with Crippen molar-refractivity contribution in [2.45, 2.75) is 31.8 Å². The van der Waals surface area contributed by atoms with Gasteiger partial charge in [-0.2, -0.15) is 0 Å². The van der Waals surface area contributed by atoms with Gasteiger partial charge in [-0.25, -0.2) is 4.79 Å². The van der Waals surface area contributed by atoms with Gasteiger partial charge in [0.15, 0.2) is 5.54 Å². The average molecular weight is 403 g/mol. The Morgan fingerprint density at radius 2 is 1.90 bits per heavy atom. The molecule has 2 aromatic carbocycles. The van der Waals surface area contributed by atoms with Gasteiger partial charge in [0.1, 0.15) is 17.9 Å². The van der Waals surface area contributed by atoms with Crippen LogP contribution >= 0.6 is 0 Å². The van der Waals surface area contributed by atoms with Crippen molar-refractivity contribution >= 4 is 34.5 Å². The minimum Gasteiger partial charge on any atom is -0.458 e. The molecule has 7 nitrogen and oxygen atoms in total. The molecular formula is C23H21N3O4. The highest BCUT2D eigenvalue weighted by atomic mass is 16.3. The first kappa shape index (κ1) is 18.4. The number of anilines is 1. The third kappa shape index (κ3) is 2.62. The molecule has 3 aromatic rings. The van der Waals surface area contributed by atoms with Crippen LogP contribution in [0.3, 0.4) is 0 Å². The van der Waals surface area contributed by atoms with Crippen LogP contribution in [0.1, 0.15) is 25.2 Å². The number of hydrogen-bond acceptors (Lipinski definition) is 4. The second kappa shape index (κ2) is 6.45. The molecule has 4 amide bonds. The maximum absolute atomic E-state index is 13.2. The quantitative estimate of drug-likeness (QED) is 0.681. The number of benzene rings is 2. The van der Waals surface area contributed by atoms with Crippen molar-refractivity contribution in [3.05, 3.63) is 65.9 Å². The number of urea groups is 1. The van der Waals surface area contributed by atoms with Gasteiger partial charge in [-0.05, 0) is 44.0 Å². The summed E-state index contributed by atoms with van der Waals surface area (Å²) in [6.45, 7) is 3.24. The summed E-state index contributed by atoms with van der Waals surface area (Å²) < 4.78 is 5.83. The summed E-state index contributed by atoms with van der Waals surface area (Å²) in [6.07, 6.45) is 0.749. The zero-order chi connectivity index (χ0) is 21.0. The molecule has 30 heavy (non-hydrogen) atoms. The van der Waals surface area contributed by atoms with Gasteiger partial charge in [0.25, 0.3) is 5.91 Å². The SMILES string of the molecule is C[C@H]1Cc2ccccc2N1C(=O)CN1C(=O)N[C@](C)(c2cc3ccccc3o2)C1=O. The van der Waals surface area contributed by atoms with Gasteiger partial charge in [0.05, 0.1) is 0 Å². The Labute approximate surface area is 173 Å². The van der Waals surface area contributed by atoms with Gasteiger partial charge < -0.3 is 14.6 Å². The molecule has 0 saturated carbocycles. The number of nitrogens with one attached hydrogen (secondary N) is 1. The van der Waals surface area contributed by atoms with E-state index in [9.17, 15) is 14.4 Å². The molecule has 7 heteroatoms. The molecular weight excluding hydrogens is 382 g/mol. The van der Waals surface area contributed by atoms with E-state index in [1.54, 1.807) is 24.0 Å². The zero-order valence-electron chi connectivity index (χ0n) is 16.7. The fourth-order valence-electron chi connectivity index (χ4n) is 4.39. The average Bonchev–Trinajstić information content (AvgIpc) is 3.36. The van der Waals surface area contributed by atoms with Crippen LogP contribution in [0.2, 0.25) is 0 Å². The van der Waals surface area contributed by atoms with E-state index in [4.69, 9.17) is 4.42 Å². The molecule has 0 radical (unpaired) electrons. The number of furan rings is 1. The molecule has 0 spiro atoms. The van der Waals surface area contributed by atoms with Crippen molar-refractivity contribution in [3.63, 3.8) is 0 Å². The number of para-hydroxylation sites is 2. The summed E-state index contributed by atoms with van der Waals surface area (Å²) in [5.74, 6) is -0.443. The number of carbonyl (C=O) groups excluding carboxylic acids is 3. The standard InChI is InChI=1S/C23H21N3O4/c1-14-11-15-7-3-5-9-17(15)26(14)20(27)13-25-21(28)23(2,24-22(25)29)19-12-16-8-4-6-10-18(16)30-19/h3-10,12,14H,11,13H2,1-2H3,(H,24,29)/t14-,23+/m0/s1. The summed E-state index contributed by atoms with van der Waals surface area (Å²) in [5, 5.41) is 3.55. The van der Waals surface area contributed by atoms with Crippen molar-refractivity contribution in [1.29, 1.82) is 0 Å². The van der Waals surface area contributed by atoms with Crippen molar-refractivity contribution in [3.8, 4) is 0 Å². The molecule has 3 heterocycles. The number of rotatable bonds is 3. The number of hydrogen-bond donors (Lipinski definition) is 1. The summed E-state index contributed by atoms with van der Waals surface area (Å²) in [6, 6.07) is 16.2. The lowest BCUT2D eigenvalue weighted by Gasteiger charge is -2.25. The Morgan fingerprint density at radius 3 is 2.70 bits per heavy atom. The van der Waals surface area contributed by atoms with Crippen LogP contribution in [-0.4, -0.2) is 35.3 Å². The lowest BCUT2D eigenvalue weighted by atomic mass is 9.99. The van der Waals surface area contributed by atoms with E-state index in [-0.39, 0.29) is 18.5 Å². The van der Waals surface area contributed by atoms with Gasteiger partial charge in [-0.15, -0.1) is 0 Å². The Bertz CT molecular complexity index is 1170.